The molecule has 2 nitrogen and oxygen atoms in total. The average molecular weight is 256 g/mol. The first-order chi connectivity index (χ1) is 9.02. The van der Waals surface area contributed by atoms with E-state index in [0.717, 1.165) is 0 Å². The van der Waals surface area contributed by atoms with Crippen LogP contribution in [0.5, 0.6) is 0 Å². The van der Waals surface area contributed by atoms with E-state index in [4.69, 9.17) is 12.4 Å². The minimum absolute atomic E-state index is 0. The Balaban J connectivity index is -0.0000000642. The van der Waals surface area contributed by atoms with Crippen molar-refractivity contribution in [2.45, 2.75) is 100 Å². The summed E-state index contributed by atoms with van der Waals surface area (Å²) < 4.78 is 21.2. The van der Waals surface area contributed by atoms with Gasteiger partial charge in [0.2, 0.25) is 0 Å². The van der Waals surface area contributed by atoms with E-state index < -0.39 is 0 Å². The molecule has 0 radical (unpaired) electrons. The van der Waals surface area contributed by atoms with Crippen LogP contribution in [-0.2, 0) is 9.47 Å². The van der Waals surface area contributed by atoms with Crippen molar-refractivity contribution >= 4 is 0 Å². The smallest absolute Gasteiger partial charge is 0.0811 e. The third kappa shape index (κ3) is 12.2. The minimum atomic E-state index is 0. The highest BCUT2D eigenvalue weighted by Crippen LogP contribution is 2.18. The first-order valence-corrected chi connectivity index (χ1v) is 7.33. The maximum Gasteiger partial charge on any atom is 0.0811 e. The monoisotopic (exact) mass is 255 g/mol. The van der Waals surface area contributed by atoms with Crippen LogP contribution >= 0.6 is 0 Å². The molecule has 0 amide bonds. The van der Waals surface area contributed by atoms with Crippen LogP contribution in [0.2, 0.25) is 0 Å². The van der Waals surface area contributed by atoms with Gasteiger partial charge in [0.25, 0.3) is 0 Å². The normalized spacial score (nSPS) is 31.2. The maximum absolute atomic E-state index is 5.59. The molecule has 1 aliphatic heterocycles. The molecule has 2 heteroatoms. The minimum Gasteiger partial charge on any atom is -0.370 e. The summed E-state index contributed by atoms with van der Waals surface area (Å²) in [6.07, 6.45) is 2.22. The van der Waals surface area contributed by atoms with Gasteiger partial charge in [-0.15, -0.1) is 0 Å². The molecular formula is C15H40O2. The van der Waals surface area contributed by atoms with Gasteiger partial charge in [0, 0.05) is 4.40 Å². The number of hydrogen-bond donors (Lipinski definition) is 0. The van der Waals surface area contributed by atoms with Gasteiger partial charge in [-0.25, -0.2) is 0 Å². The lowest BCUT2D eigenvalue weighted by atomic mass is 10.1. The number of hydrogen-bond acceptors (Lipinski definition) is 2. The second-order valence-electron chi connectivity index (χ2n) is 3.80. The Hall–Kier alpha value is -0.0800. The molecule has 0 aromatic carbocycles. The molecule has 1 aliphatic rings. The van der Waals surface area contributed by atoms with Crippen LogP contribution in [0.1, 0.15) is 80.1 Å². The Kier molecular flexibility index (Phi) is 18.0. The van der Waals surface area contributed by atoms with Gasteiger partial charge in [0.15, 0.2) is 0 Å². The van der Waals surface area contributed by atoms with Crippen molar-refractivity contribution in [3.8, 4) is 0 Å². The third-order valence-corrected chi connectivity index (χ3v) is 2.18. The van der Waals surface area contributed by atoms with Gasteiger partial charge in [0.05, 0.1) is 24.4 Å². The second-order valence-corrected chi connectivity index (χ2v) is 3.80. The van der Waals surface area contributed by atoms with Gasteiger partial charge in [-0.2, -0.15) is 0 Å². The lowest BCUT2D eigenvalue weighted by Gasteiger charge is -2.36. The van der Waals surface area contributed by atoms with Crippen LogP contribution in [0.4, 0.5) is 0 Å². The Bertz CT molecular complexity index is 112. The van der Waals surface area contributed by atoms with Crippen LogP contribution in [0.25, 0.3) is 0 Å². The van der Waals surface area contributed by atoms with Crippen molar-refractivity contribution in [3.63, 3.8) is 0 Å². The molecule has 0 N–H and O–H groups in total. The summed E-state index contributed by atoms with van der Waals surface area (Å²) in [5.41, 5.74) is 0. The van der Waals surface area contributed by atoms with Gasteiger partial charge in [-0.05, 0) is 27.7 Å². The van der Waals surface area contributed by atoms with Gasteiger partial charge in [-0.3, -0.25) is 0 Å². The van der Waals surface area contributed by atoms with E-state index in [2.05, 4.69) is 13.8 Å². The molecule has 1 fully saturated rings. The van der Waals surface area contributed by atoms with Gasteiger partial charge < -0.3 is 9.47 Å². The molecule has 17 heavy (non-hydrogen) atoms. The molecule has 0 aromatic heterocycles. The molecule has 0 saturated carbocycles. The van der Waals surface area contributed by atoms with E-state index >= 15 is 0 Å². The molecule has 0 unspecified atom stereocenters. The van der Waals surface area contributed by atoms with Gasteiger partial charge >= 0.3 is 0 Å². The fourth-order valence-electron chi connectivity index (χ4n) is 1.12. The summed E-state index contributed by atoms with van der Waals surface area (Å²) in [7, 11) is 0. The van der Waals surface area contributed by atoms with Crippen LogP contribution in [0.3, 0.4) is 0 Å². The zero-order chi connectivity index (χ0) is 16.4. The maximum atomic E-state index is 5.59. The fourth-order valence-corrected chi connectivity index (χ4v) is 1.12. The lowest BCUT2D eigenvalue weighted by molar-refractivity contribution is -0.197. The third-order valence-electron chi connectivity index (χ3n) is 2.18. The van der Waals surface area contributed by atoms with E-state index in [0.29, 0.717) is 0 Å². The van der Waals surface area contributed by atoms with E-state index in [-0.39, 0.29) is 25.8 Å². The molecule has 0 bridgehead atoms. The van der Waals surface area contributed by atoms with Gasteiger partial charge in [0.1, 0.15) is 0 Å². The van der Waals surface area contributed by atoms with Gasteiger partial charge in [-0.1, -0.05) is 48.0 Å². The first-order valence-electron chi connectivity index (χ1n) is 8.33. The molecule has 1 rings (SSSR count). The van der Waals surface area contributed by atoms with Crippen LogP contribution < -0.4 is 0 Å². The molecule has 0 spiro atoms. The van der Waals surface area contributed by atoms with Crippen molar-refractivity contribution in [1.82, 2.24) is 0 Å². The fraction of sp³-hybridized carbons (Fsp3) is 1.00. The summed E-state index contributed by atoms with van der Waals surface area (Å²) in [4.78, 5) is 0. The van der Waals surface area contributed by atoms with Crippen molar-refractivity contribution < 1.29 is 13.9 Å². The van der Waals surface area contributed by atoms with Crippen LogP contribution in [0, 0.1) is 0 Å². The summed E-state index contributed by atoms with van der Waals surface area (Å²) in [6.45, 7) is 20.4. The highest BCUT2D eigenvalue weighted by atomic mass is 16.6. The van der Waals surface area contributed by atoms with Crippen LogP contribution in [-0.4, -0.2) is 24.4 Å². The topological polar surface area (TPSA) is 18.5 Å². The summed E-state index contributed by atoms with van der Waals surface area (Å²) >= 11 is 0. The predicted molar refractivity (Wildman–Crippen MR) is 82.9 cm³/mol. The predicted octanol–water partition coefficient (Wildman–Crippen LogP) is 5.55. The van der Waals surface area contributed by atoms with Crippen molar-refractivity contribution in [2.75, 3.05) is 0 Å². The second kappa shape index (κ2) is 15.9. The molecule has 1 saturated heterocycles. The first kappa shape index (κ1) is 19.3. The van der Waals surface area contributed by atoms with Crippen molar-refractivity contribution in [1.29, 1.82) is 0 Å². The average Bonchev–Trinajstić information content (AvgIpc) is 2.44. The quantitative estimate of drug-likeness (QED) is 0.565. The summed E-state index contributed by atoms with van der Waals surface area (Å²) in [5, 5.41) is 0. The largest absolute Gasteiger partial charge is 0.370 e. The molecule has 0 aromatic rings. The molecule has 112 valence electrons. The highest BCUT2D eigenvalue weighted by Gasteiger charge is 2.28. The zero-order valence-electron chi connectivity index (χ0n) is 15.8. The summed E-state index contributed by atoms with van der Waals surface area (Å²) in [5.74, 6) is 0. The Morgan fingerprint density at radius 3 is 0.941 bits per heavy atom. The van der Waals surface area contributed by atoms with Crippen LogP contribution in [0.15, 0.2) is 0 Å². The molecule has 1 heterocycles. The van der Waals surface area contributed by atoms with E-state index in [1.807, 2.05) is 55.4 Å². The standard InChI is InChI=1S/C8H16O2.C3H8.2C2H6.2H2/c1-5-6(2)10-8(4)7(3)9-5;1-3-2;2*1-2;;/h5-8H,1-4H3;3H2,1-2H3;2*1-2H3;2*1H/t5-,6+,7+,8-;;;;;/i;;;;1+1D;1+1. The lowest BCUT2D eigenvalue weighted by Crippen LogP contribution is -2.44. The zero-order valence-corrected chi connectivity index (χ0v) is 13.8. The molecule has 0 aliphatic carbocycles. The SMILES string of the molecule is CC.CC.CCC.C[C@@H]1O[C@H](C)[C@H](C)O[C@@H]1C.[2HH].[2H][2H]. The number of ether oxygens (including phenoxy) is 2. The van der Waals surface area contributed by atoms with Crippen molar-refractivity contribution in [2.24, 2.45) is 0 Å². The van der Waals surface area contributed by atoms with E-state index in [1.165, 1.54) is 6.42 Å². The molecular weight excluding hydrogens is 212 g/mol. The number of rotatable bonds is 0. The highest BCUT2D eigenvalue weighted by molar-refractivity contribution is 4.73. The Morgan fingerprint density at radius 2 is 0.824 bits per heavy atom. The summed E-state index contributed by atoms with van der Waals surface area (Å²) in [6, 6.07) is 0. The molecule has 4 atom stereocenters. The Morgan fingerprint density at radius 1 is 0.706 bits per heavy atom. The van der Waals surface area contributed by atoms with E-state index in [1.54, 1.807) is 0 Å². The Labute approximate surface area is 115 Å². The van der Waals surface area contributed by atoms with E-state index in [9.17, 15) is 0 Å². The van der Waals surface area contributed by atoms with Crippen molar-refractivity contribution in [3.05, 3.63) is 0 Å².